The zero-order valence-electron chi connectivity index (χ0n) is 38.2. The molecule has 0 radical (unpaired) electrons. The standard InChI is InChI=1S/C65H52N2/c1-41-35-45-38-44-39-46(36-41)65(45)59-34-33-50(40-60(59)64(58-24-12-11-23-57(58)63(44,65)2)55-21-9-5-17-51(55)52-18-6-10-22-56(52)64)66(49-28-27-42-15-3-4-16-43(42)37-49)47-29-31-48(32-30-47)67-61-25-13-7-19-53(61)54-20-8-14-26-62(54)67/h3-34,37,40-41,44-46H,35-36,38-39H2,1-2H3/t41?,44?,45-,46+,63-,65?/m0/s1. The first-order chi connectivity index (χ1) is 33.0. The van der Waals surface area contributed by atoms with Gasteiger partial charge in [-0.3, -0.25) is 0 Å². The van der Waals surface area contributed by atoms with Gasteiger partial charge < -0.3 is 9.47 Å². The van der Waals surface area contributed by atoms with Gasteiger partial charge >= 0.3 is 0 Å². The van der Waals surface area contributed by atoms with Crippen molar-refractivity contribution in [3.05, 3.63) is 240 Å². The third kappa shape index (κ3) is 4.67. The van der Waals surface area contributed by atoms with Crippen molar-refractivity contribution >= 4 is 49.6 Å². The summed E-state index contributed by atoms with van der Waals surface area (Å²) in [7, 11) is 0. The van der Waals surface area contributed by atoms with E-state index in [1.165, 1.54) is 97.3 Å². The maximum absolute atomic E-state index is 2.73. The average Bonchev–Trinajstić information content (AvgIpc) is 4.02. The third-order valence-electron chi connectivity index (χ3n) is 18.4. The van der Waals surface area contributed by atoms with E-state index < -0.39 is 5.41 Å². The van der Waals surface area contributed by atoms with Gasteiger partial charge in [0, 0.05) is 44.4 Å². The monoisotopic (exact) mass is 860 g/mol. The van der Waals surface area contributed by atoms with Gasteiger partial charge in [-0.15, -0.1) is 0 Å². The Morgan fingerprint density at radius 2 is 0.940 bits per heavy atom. The van der Waals surface area contributed by atoms with E-state index in [2.05, 4.69) is 230 Å². The van der Waals surface area contributed by atoms with E-state index >= 15 is 0 Å². The highest BCUT2D eigenvalue weighted by atomic mass is 15.1. The Balaban J connectivity index is 1.03. The summed E-state index contributed by atoms with van der Waals surface area (Å²) < 4.78 is 2.43. The Hall–Kier alpha value is -7.16. The lowest BCUT2D eigenvalue weighted by Gasteiger charge is -2.54. The van der Waals surface area contributed by atoms with Crippen molar-refractivity contribution in [1.82, 2.24) is 4.57 Å². The average molecular weight is 861 g/mol. The van der Waals surface area contributed by atoms with Crippen LogP contribution in [0.25, 0.3) is 49.4 Å². The highest BCUT2D eigenvalue weighted by Crippen LogP contribution is 2.79. The quantitative estimate of drug-likeness (QED) is 0.171. The maximum atomic E-state index is 2.73. The molecule has 2 heteroatoms. The number of benzene rings is 9. The van der Waals surface area contributed by atoms with E-state index in [0.717, 1.165) is 23.0 Å². The first kappa shape index (κ1) is 38.0. The van der Waals surface area contributed by atoms with Crippen molar-refractivity contribution in [2.24, 2.45) is 23.7 Å². The van der Waals surface area contributed by atoms with Crippen molar-refractivity contribution in [2.75, 3.05) is 4.90 Å². The highest BCUT2D eigenvalue weighted by molar-refractivity contribution is 6.09. The van der Waals surface area contributed by atoms with E-state index in [0.29, 0.717) is 17.8 Å². The lowest BCUT2D eigenvalue weighted by Crippen LogP contribution is -2.52. The van der Waals surface area contributed by atoms with Gasteiger partial charge in [-0.25, -0.2) is 0 Å². The number of aromatic nitrogens is 1. The Kier molecular flexibility index (Phi) is 7.65. The first-order valence-electron chi connectivity index (χ1n) is 24.8. The molecule has 0 saturated heterocycles. The second-order valence-electron chi connectivity index (χ2n) is 21.1. The normalized spacial score (nSPS) is 24.6. The molecule has 6 atom stereocenters. The summed E-state index contributed by atoms with van der Waals surface area (Å²) in [6.07, 6.45) is 5.28. The summed E-state index contributed by atoms with van der Waals surface area (Å²) in [6.45, 7) is 5.28. The summed E-state index contributed by atoms with van der Waals surface area (Å²) in [5, 5.41) is 5.05. The first-order valence-corrected chi connectivity index (χ1v) is 24.8. The highest BCUT2D eigenvalue weighted by Gasteiger charge is 2.75. The van der Waals surface area contributed by atoms with Gasteiger partial charge in [0.1, 0.15) is 0 Å². The molecule has 1 aromatic heterocycles. The van der Waals surface area contributed by atoms with Crippen LogP contribution in [0.4, 0.5) is 17.1 Å². The van der Waals surface area contributed by atoms with Crippen LogP contribution in [0.1, 0.15) is 72.9 Å². The molecule has 0 amide bonds. The Morgan fingerprint density at radius 3 is 1.61 bits per heavy atom. The summed E-state index contributed by atoms with van der Waals surface area (Å²) in [4.78, 5) is 2.55. The molecule has 10 aromatic rings. The van der Waals surface area contributed by atoms with Crippen LogP contribution in [0, 0.1) is 23.7 Å². The fourth-order valence-corrected chi connectivity index (χ4v) is 16.2. The molecule has 2 nitrogen and oxygen atoms in total. The molecule has 3 fully saturated rings. The number of nitrogens with zero attached hydrogens (tertiary/aromatic N) is 2. The van der Waals surface area contributed by atoms with Crippen LogP contribution in [-0.2, 0) is 16.2 Å². The van der Waals surface area contributed by atoms with E-state index in [9.17, 15) is 0 Å². The molecule has 322 valence electrons. The Labute approximate surface area is 393 Å². The number of anilines is 3. The van der Waals surface area contributed by atoms with Crippen molar-refractivity contribution in [2.45, 2.75) is 55.8 Å². The molecular weight excluding hydrogens is 809 g/mol. The van der Waals surface area contributed by atoms with Gasteiger partial charge in [0.15, 0.2) is 0 Å². The minimum absolute atomic E-state index is 0.0198. The number of rotatable bonds is 4. The zero-order chi connectivity index (χ0) is 44.2. The van der Waals surface area contributed by atoms with Crippen LogP contribution >= 0.6 is 0 Å². The predicted molar refractivity (Wildman–Crippen MR) is 277 cm³/mol. The van der Waals surface area contributed by atoms with Gasteiger partial charge in [-0.2, -0.15) is 0 Å². The Morgan fingerprint density at radius 1 is 0.418 bits per heavy atom. The van der Waals surface area contributed by atoms with Crippen LogP contribution in [-0.4, -0.2) is 4.57 Å². The maximum Gasteiger partial charge on any atom is 0.0720 e. The molecule has 1 heterocycles. The van der Waals surface area contributed by atoms with Gasteiger partial charge in [0.05, 0.1) is 16.4 Å². The second-order valence-corrected chi connectivity index (χ2v) is 21.1. The van der Waals surface area contributed by atoms with Crippen LogP contribution < -0.4 is 4.90 Å². The van der Waals surface area contributed by atoms with E-state index in [1.807, 2.05) is 0 Å². The van der Waals surface area contributed by atoms with Crippen molar-refractivity contribution in [3.63, 3.8) is 0 Å². The molecular formula is C65H52N2. The lowest BCUT2D eigenvalue weighted by molar-refractivity contribution is 0.0674. The number of hydrogen-bond acceptors (Lipinski definition) is 1. The largest absolute Gasteiger partial charge is 0.310 e. The zero-order valence-corrected chi connectivity index (χ0v) is 38.2. The minimum Gasteiger partial charge on any atom is -0.310 e. The number of hydrogen-bond donors (Lipinski definition) is 0. The molecule has 2 spiro atoms. The third-order valence-corrected chi connectivity index (χ3v) is 18.4. The van der Waals surface area contributed by atoms with Gasteiger partial charge in [0.25, 0.3) is 0 Å². The second kappa shape index (κ2) is 13.5. The SMILES string of the molecule is CC1C[C@@H]2CC3C[C@H](C1)C21c2ccc(N(c4ccc(-n5c6ccccc6c6ccccc65)cc4)c4ccc5ccccc5c4)cc2C2(c4ccccc4-c4ccccc42)c2ccccc2[C@]31C. The van der Waals surface area contributed by atoms with E-state index in [-0.39, 0.29) is 10.8 Å². The summed E-state index contributed by atoms with van der Waals surface area (Å²) in [5.41, 5.74) is 18.4. The molecule has 5 aliphatic carbocycles. The molecule has 5 aliphatic rings. The molecule has 3 saturated carbocycles. The smallest absolute Gasteiger partial charge is 0.0720 e. The molecule has 0 N–H and O–H groups in total. The van der Waals surface area contributed by atoms with Gasteiger partial charge in [-0.1, -0.05) is 159 Å². The molecule has 15 rings (SSSR count). The number of fused-ring (bicyclic) bond motifs is 13. The summed E-state index contributed by atoms with van der Waals surface area (Å²) >= 11 is 0. The Bertz CT molecular complexity index is 3570. The van der Waals surface area contributed by atoms with Gasteiger partial charge in [-0.05, 0) is 165 Å². The predicted octanol–water partition coefficient (Wildman–Crippen LogP) is 16.4. The fourth-order valence-electron chi connectivity index (χ4n) is 16.2. The van der Waals surface area contributed by atoms with Gasteiger partial charge in [0.2, 0.25) is 0 Å². The van der Waals surface area contributed by atoms with Crippen LogP contribution in [0.3, 0.4) is 0 Å². The minimum atomic E-state index is -0.493. The van der Waals surface area contributed by atoms with Crippen molar-refractivity contribution < 1.29 is 0 Å². The molecule has 0 aliphatic heterocycles. The number of para-hydroxylation sites is 2. The van der Waals surface area contributed by atoms with Crippen molar-refractivity contribution in [3.8, 4) is 16.8 Å². The topological polar surface area (TPSA) is 8.17 Å². The lowest BCUT2D eigenvalue weighted by atomic mass is 9.50. The van der Waals surface area contributed by atoms with Crippen molar-refractivity contribution in [1.29, 1.82) is 0 Å². The van der Waals surface area contributed by atoms with Crippen LogP contribution in [0.5, 0.6) is 0 Å². The molecule has 2 bridgehead atoms. The van der Waals surface area contributed by atoms with E-state index in [4.69, 9.17) is 0 Å². The molecule has 9 aromatic carbocycles. The van der Waals surface area contributed by atoms with E-state index in [1.54, 1.807) is 11.1 Å². The summed E-state index contributed by atoms with van der Waals surface area (Å²) in [6, 6.07) is 79.4. The summed E-state index contributed by atoms with van der Waals surface area (Å²) in [5.74, 6) is 2.71. The van der Waals surface area contributed by atoms with Crippen LogP contribution in [0.2, 0.25) is 0 Å². The van der Waals surface area contributed by atoms with Crippen LogP contribution in [0.15, 0.2) is 206 Å². The molecule has 67 heavy (non-hydrogen) atoms. The molecule has 3 unspecified atom stereocenters. The fraction of sp³-hybridized carbons (Fsp3) is 0.200.